The number of aromatic nitrogens is 2. The van der Waals surface area contributed by atoms with Gasteiger partial charge in [-0.1, -0.05) is 26.0 Å². The van der Waals surface area contributed by atoms with Crippen LogP contribution in [0.3, 0.4) is 0 Å². The molecular formula is C18H24N2O4. The van der Waals surface area contributed by atoms with Crippen LogP contribution in [0.5, 0.6) is 0 Å². The fourth-order valence-electron chi connectivity index (χ4n) is 2.18. The van der Waals surface area contributed by atoms with Crippen molar-refractivity contribution in [1.82, 2.24) is 9.55 Å². The van der Waals surface area contributed by atoms with Gasteiger partial charge in [0, 0.05) is 13.2 Å². The first-order valence-corrected chi connectivity index (χ1v) is 8.25. The van der Waals surface area contributed by atoms with E-state index in [-0.39, 0.29) is 31.1 Å². The van der Waals surface area contributed by atoms with Crippen molar-refractivity contribution >= 4 is 16.9 Å². The molecular weight excluding hydrogens is 308 g/mol. The summed E-state index contributed by atoms with van der Waals surface area (Å²) < 4.78 is 11.9. The third-order valence-electron chi connectivity index (χ3n) is 3.62. The first-order chi connectivity index (χ1) is 11.6. The van der Waals surface area contributed by atoms with Gasteiger partial charge in [-0.05, 0) is 24.5 Å². The van der Waals surface area contributed by atoms with Gasteiger partial charge in [0.05, 0.1) is 30.3 Å². The van der Waals surface area contributed by atoms with Crippen molar-refractivity contribution in [2.45, 2.75) is 33.2 Å². The molecule has 0 spiro atoms. The number of fused-ring (bicyclic) bond motifs is 1. The maximum Gasteiger partial charge on any atom is 0.307 e. The Hall–Kier alpha value is -2.21. The topological polar surface area (TPSA) is 70.4 Å². The number of aryl methyl sites for hydroxylation is 1. The first kappa shape index (κ1) is 18.1. The minimum absolute atomic E-state index is 0.131. The normalized spacial score (nSPS) is 11.1. The Labute approximate surface area is 141 Å². The van der Waals surface area contributed by atoms with Crippen LogP contribution in [-0.4, -0.2) is 35.3 Å². The molecule has 0 unspecified atom stereocenters. The van der Waals surface area contributed by atoms with Crippen LogP contribution in [-0.2, 0) is 20.8 Å². The molecule has 2 rings (SSSR count). The lowest BCUT2D eigenvalue weighted by Crippen LogP contribution is -2.22. The summed E-state index contributed by atoms with van der Waals surface area (Å²) in [5.41, 5.74) is 0.505. The SMILES string of the molecule is CC(C)CCOCCOC(=O)CCn1cnc2ccccc2c1=O. The summed E-state index contributed by atoms with van der Waals surface area (Å²) in [6.45, 7) is 5.83. The monoisotopic (exact) mass is 332 g/mol. The number of ether oxygens (including phenoxy) is 2. The molecule has 1 aromatic heterocycles. The quantitative estimate of drug-likeness (QED) is 0.521. The number of carbonyl (C=O) groups excluding carboxylic acids is 1. The van der Waals surface area contributed by atoms with Crippen LogP contribution in [0.1, 0.15) is 26.7 Å². The van der Waals surface area contributed by atoms with Crippen molar-refractivity contribution in [3.63, 3.8) is 0 Å². The van der Waals surface area contributed by atoms with Crippen LogP contribution in [0.2, 0.25) is 0 Å². The van der Waals surface area contributed by atoms with Crippen molar-refractivity contribution in [2.75, 3.05) is 19.8 Å². The molecule has 2 aromatic rings. The molecule has 0 amide bonds. The van der Waals surface area contributed by atoms with Crippen molar-refractivity contribution in [3.05, 3.63) is 40.9 Å². The molecule has 0 saturated carbocycles. The number of esters is 1. The van der Waals surface area contributed by atoms with Crippen LogP contribution >= 0.6 is 0 Å². The zero-order valence-corrected chi connectivity index (χ0v) is 14.2. The first-order valence-electron chi connectivity index (χ1n) is 8.25. The lowest BCUT2D eigenvalue weighted by Gasteiger charge is -2.08. The highest BCUT2D eigenvalue weighted by molar-refractivity contribution is 5.77. The van der Waals surface area contributed by atoms with Gasteiger partial charge in [-0.25, -0.2) is 4.98 Å². The molecule has 24 heavy (non-hydrogen) atoms. The molecule has 0 saturated heterocycles. The molecule has 0 aliphatic carbocycles. The minimum atomic E-state index is -0.345. The molecule has 0 N–H and O–H groups in total. The number of hydrogen-bond acceptors (Lipinski definition) is 5. The molecule has 0 aliphatic heterocycles. The van der Waals surface area contributed by atoms with E-state index in [9.17, 15) is 9.59 Å². The van der Waals surface area contributed by atoms with Gasteiger partial charge < -0.3 is 9.47 Å². The fraction of sp³-hybridized carbons (Fsp3) is 0.500. The Morgan fingerprint density at radius 3 is 2.79 bits per heavy atom. The van der Waals surface area contributed by atoms with Crippen molar-refractivity contribution in [1.29, 1.82) is 0 Å². The highest BCUT2D eigenvalue weighted by Crippen LogP contribution is 2.05. The van der Waals surface area contributed by atoms with E-state index in [1.165, 1.54) is 10.9 Å². The predicted octanol–water partition coefficient (Wildman–Crippen LogP) is 2.39. The summed E-state index contributed by atoms with van der Waals surface area (Å²) in [4.78, 5) is 28.2. The van der Waals surface area contributed by atoms with Crippen LogP contribution < -0.4 is 5.56 Å². The number of hydrogen-bond donors (Lipinski definition) is 0. The highest BCUT2D eigenvalue weighted by Gasteiger charge is 2.07. The van der Waals surface area contributed by atoms with Crippen LogP contribution in [0, 0.1) is 5.92 Å². The number of carbonyl (C=O) groups is 1. The van der Waals surface area contributed by atoms with E-state index in [4.69, 9.17) is 9.47 Å². The third kappa shape index (κ3) is 5.45. The van der Waals surface area contributed by atoms with Crippen LogP contribution in [0.4, 0.5) is 0 Å². The summed E-state index contributed by atoms with van der Waals surface area (Å²) in [5.74, 6) is 0.254. The zero-order chi connectivity index (χ0) is 17.4. The smallest absolute Gasteiger partial charge is 0.307 e. The van der Waals surface area contributed by atoms with Gasteiger partial charge >= 0.3 is 5.97 Å². The maximum atomic E-state index is 12.3. The zero-order valence-electron chi connectivity index (χ0n) is 14.2. The molecule has 1 aromatic carbocycles. The van der Waals surface area contributed by atoms with Crippen LogP contribution in [0.25, 0.3) is 10.9 Å². The average Bonchev–Trinajstić information content (AvgIpc) is 2.57. The molecule has 0 radical (unpaired) electrons. The summed E-state index contributed by atoms with van der Waals surface area (Å²) in [5, 5.41) is 0.548. The Morgan fingerprint density at radius 1 is 1.21 bits per heavy atom. The molecule has 0 atom stereocenters. The van der Waals surface area contributed by atoms with Crippen molar-refractivity contribution < 1.29 is 14.3 Å². The van der Waals surface area contributed by atoms with Gasteiger partial charge in [0.2, 0.25) is 0 Å². The van der Waals surface area contributed by atoms with E-state index >= 15 is 0 Å². The molecule has 130 valence electrons. The molecule has 0 aliphatic rings. The second kappa shape index (κ2) is 9.17. The fourth-order valence-corrected chi connectivity index (χ4v) is 2.18. The van der Waals surface area contributed by atoms with E-state index in [0.717, 1.165) is 6.42 Å². The Bertz CT molecular complexity index is 724. The molecule has 6 heteroatoms. The maximum absolute atomic E-state index is 12.3. The van der Waals surface area contributed by atoms with E-state index in [0.29, 0.717) is 30.0 Å². The summed E-state index contributed by atoms with van der Waals surface area (Å²) >= 11 is 0. The highest BCUT2D eigenvalue weighted by atomic mass is 16.6. The van der Waals surface area contributed by atoms with E-state index in [1.54, 1.807) is 18.2 Å². The largest absolute Gasteiger partial charge is 0.463 e. The van der Waals surface area contributed by atoms with E-state index in [1.807, 2.05) is 6.07 Å². The van der Waals surface area contributed by atoms with Crippen LogP contribution in [0.15, 0.2) is 35.4 Å². The van der Waals surface area contributed by atoms with Gasteiger partial charge in [-0.2, -0.15) is 0 Å². The number of benzene rings is 1. The number of nitrogens with zero attached hydrogens (tertiary/aromatic N) is 2. The molecule has 6 nitrogen and oxygen atoms in total. The number of rotatable bonds is 9. The van der Waals surface area contributed by atoms with Gasteiger partial charge in [0.15, 0.2) is 0 Å². The van der Waals surface area contributed by atoms with Gasteiger partial charge in [0.1, 0.15) is 6.61 Å². The Morgan fingerprint density at radius 2 is 2.00 bits per heavy atom. The summed E-state index contributed by atoms with van der Waals surface area (Å²) in [7, 11) is 0. The lowest BCUT2D eigenvalue weighted by atomic mass is 10.1. The predicted molar refractivity (Wildman–Crippen MR) is 91.9 cm³/mol. The standard InChI is InChI=1S/C18H24N2O4/c1-14(2)8-10-23-11-12-24-17(21)7-9-20-13-19-16-6-4-3-5-15(16)18(20)22/h3-6,13-14H,7-12H2,1-2H3. The van der Waals surface area contributed by atoms with Crippen molar-refractivity contribution in [2.24, 2.45) is 5.92 Å². The minimum Gasteiger partial charge on any atom is -0.463 e. The third-order valence-corrected chi connectivity index (χ3v) is 3.62. The van der Waals surface area contributed by atoms with Crippen molar-refractivity contribution in [3.8, 4) is 0 Å². The van der Waals surface area contributed by atoms with Gasteiger partial charge in [-0.3, -0.25) is 14.2 Å². The summed E-state index contributed by atoms with van der Waals surface area (Å²) in [6.07, 6.45) is 2.59. The Balaban J connectivity index is 1.74. The molecule has 0 bridgehead atoms. The molecule has 0 fully saturated rings. The molecule has 1 heterocycles. The Kier molecular flexibility index (Phi) is 6.93. The average molecular weight is 332 g/mol. The second-order valence-corrected chi connectivity index (χ2v) is 6.03. The second-order valence-electron chi connectivity index (χ2n) is 6.03. The van der Waals surface area contributed by atoms with E-state index < -0.39 is 0 Å². The summed E-state index contributed by atoms with van der Waals surface area (Å²) in [6, 6.07) is 7.14. The van der Waals surface area contributed by atoms with Gasteiger partial charge in [0.25, 0.3) is 5.56 Å². The lowest BCUT2D eigenvalue weighted by molar-refractivity contribution is -0.145. The van der Waals surface area contributed by atoms with Gasteiger partial charge in [-0.15, -0.1) is 0 Å². The number of para-hydroxylation sites is 1. The van der Waals surface area contributed by atoms with E-state index in [2.05, 4.69) is 18.8 Å².